The normalized spacial score (nSPS) is 15.5. The third kappa shape index (κ3) is 5.94. The molecule has 0 fully saturated rings. The molecule has 0 bridgehead atoms. The van der Waals surface area contributed by atoms with Crippen molar-refractivity contribution in [3.8, 4) is 11.5 Å². The Morgan fingerprint density at radius 3 is 2.42 bits per heavy atom. The lowest BCUT2D eigenvalue weighted by atomic mass is 9.92. The molecule has 1 aliphatic heterocycles. The second-order valence-electron chi connectivity index (χ2n) is 8.73. The predicted molar refractivity (Wildman–Crippen MR) is 120 cm³/mol. The number of esters is 1. The number of nitrogens with zero attached hydrogens (tertiary/aromatic N) is 1. The summed E-state index contributed by atoms with van der Waals surface area (Å²) in [5.41, 5.74) is 1.65. The zero-order chi connectivity index (χ0) is 24.2. The van der Waals surface area contributed by atoms with Crippen LogP contribution in [0.15, 0.2) is 36.4 Å². The first-order valence-electron chi connectivity index (χ1n) is 10.8. The third-order valence-electron chi connectivity index (χ3n) is 5.14. The minimum atomic E-state index is -0.868. The van der Waals surface area contributed by atoms with Crippen LogP contribution in [-0.2, 0) is 33.8 Å². The Morgan fingerprint density at radius 2 is 1.82 bits per heavy atom. The summed E-state index contributed by atoms with van der Waals surface area (Å²) < 4.78 is 35.6. The second kappa shape index (κ2) is 10.1. The van der Waals surface area contributed by atoms with Crippen LogP contribution in [0.5, 0.6) is 11.5 Å². The fraction of sp³-hybridized carbons (Fsp3) is 0.440. The van der Waals surface area contributed by atoms with Gasteiger partial charge in [-0.25, -0.2) is 14.0 Å². The number of hydrogen-bond donors (Lipinski definition) is 0. The number of halogens is 1. The van der Waals surface area contributed by atoms with Crippen molar-refractivity contribution < 1.29 is 32.9 Å². The lowest BCUT2D eigenvalue weighted by Gasteiger charge is -2.37. The van der Waals surface area contributed by atoms with Crippen molar-refractivity contribution in [2.24, 2.45) is 0 Å². The van der Waals surface area contributed by atoms with Crippen LogP contribution in [0.1, 0.15) is 44.4 Å². The average molecular weight is 460 g/mol. The van der Waals surface area contributed by atoms with Gasteiger partial charge in [-0.2, -0.15) is 0 Å². The van der Waals surface area contributed by atoms with Gasteiger partial charge >= 0.3 is 12.1 Å². The van der Waals surface area contributed by atoms with Crippen molar-refractivity contribution in [3.63, 3.8) is 0 Å². The molecule has 0 unspecified atom stereocenters. The molecule has 33 heavy (non-hydrogen) atoms. The maximum atomic E-state index is 13.2. The van der Waals surface area contributed by atoms with Crippen molar-refractivity contribution in [2.75, 3.05) is 13.7 Å². The largest absolute Gasteiger partial charge is 0.493 e. The molecule has 1 amide bonds. The molecule has 0 aliphatic carbocycles. The van der Waals surface area contributed by atoms with Crippen LogP contribution in [0, 0.1) is 5.82 Å². The van der Waals surface area contributed by atoms with E-state index in [9.17, 15) is 14.0 Å². The topological polar surface area (TPSA) is 74.3 Å². The van der Waals surface area contributed by atoms with E-state index in [0.717, 1.165) is 16.7 Å². The molecule has 8 heteroatoms. The molecule has 0 saturated carbocycles. The summed E-state index contributed by atoms with van der Waals surface area (Å²) >= 11 is 0. The fourth-order valence-corrected chi connectivity index (χ4v) is 3.63. The molecule has 1 heterocycles. The van der Waals surface area contributed by atoms with Crippen molar-refractivity contribution in [2.45, 2.75) is 58.9 Å². The first-order valence-corrected chi connectivity index (χ1v) is 10.8. The van der Waals surface area contributed by atoms with Crippen molar-refractivity contribution >= 4 is 12.1 Å². The molecule has 3 rings (SSSR count). The Morgan fingerprint density at radius 1 is 1.12 bits per heavy atom. The van der Waals surface area contributed by atoms with E-state index in [2.05, 4.69) is 0 Å². The van der Waals surface area contributed by atoms with Crippen molar-refractivity contribution in [1.82, 2.24) is 4.90 Å². The molecule has 0 aromatic heterocycles. The molecule has 7 nitrogen and oxygen atoms in total. The number of rotatable bonds is 6. The Labute approximate surface area is 193 Å². The second-order valence-corrected chi connectivity index (χ2v) is 8.73. The van der Waals surface area contributed by atoms with E-state index in [4.69, 9.17) is 18.9 Å². The number of carbonyl (C=O) groups is 2. The number of ether oxygens (including phenoxy) is 4. The third-order valence-corrected chi connectivity index (χ3v) is 5.14. The Bertz CT molecular complexity index is 999. The minimum absolute atomic E-state index is 0.157. The fourth-order valence-electron chi connectivity index (χ4n) is 3.63. The minimum Gasteiger partial charge on any atom is -0.493 e. The van der Waals surface area contributed by atoms with E-state index in [1.165, 1.54) is 24.1 Å². The van der Waals surface area contributed by atoms with Crippen LogP contribution in [0.2, 0.25) is 0 Å². The van der Waals surface area contributed by atoms with Gasteiger partial charge in [0.15, 0.2) is 11.5 Å². The van der Waals surface area contributed by atoms with Gasteiger partial charge in [0.1, 0.15) is 24.1 Å². The first kappa shape index (κ1) is 24.4. The summed E-state index contributed by atoms with van der Waals surface area (Å²) in [6.07, 6.45) is -0.403. The molecule has 0 saturated heterocycles. The summed E-state index contributed by atoms with van der Waals surface area (Å²) in [5, 5.41) is 0. The Hall–Kier alpha value is -3.29. The summed E-state index contributed by atoms with van der Waals surface area (Å²) in [5.74, 6) is 0.149. The van der Waals surface area contributed by atoms with Crippen LogP contribution in [0.4, 0.5) is 9.18 Å². The Kier molecular flexibility index (Phi) is 7.46. The maximum Gasteiger partial charge on any atom is 0.411 e. The highest BCUT2D eigenvalue weighted by molar-refractivity contribution is 5.83. The highest BCUT2D eigenvalue weighted by atomic mass is 19.1. The number of carbonyl (C=O) groups excluding carboxylic acids is 2. The van der Waals surface area contributed by atoms with Gasteiger partial charge in [-0.1, -0.05) is 18.2 Å². The van der Waals surface area contributed by atoms with Gasteiger partial charge in [-0.3, -0.25) is 4.90 Å². The Balaban J connectivity index is 1.95. The van der Waals surface area contributed by atoms with E-state index in [1.807, 2.05) is 6.07 Å². The van der Waals surface area contributed by atoms with E-state index in [1.54, 1.807) is 45.9 Å². The lowest BCUT2D eigenvalue weighted by Crippen LogP contribution is -2.50. The van der Waals surface area contributed by atoms with Gasteiger partial charge in [-0.15, -0.1) is 0 Å². The number of benzene rings is 2. The number of hydrogen-bond acceptors (Lipinski definition) is 6. The zero-order valence-corrected chi connectivity index (χ0v) is 19.6. The molecule has 2 aromatic rings. The highest BCUT2D eigenvalue weighted by Gasteiger charge is 2.39. The molecule has 1 aliphatic rings. The van der Waals surface area contributed by atoms with E-state index >= 15 is 0 Å². The molecular weight excluding hydrogens is 429 g/mol. The summed E-state index contributed by atoms with van der Waals surface area (Å²) in [6, 6.07) is 8.75. The summed E-state index contributed by atoms with van der Waals surface area (Å²) in [7, 11) is 1.53. The monoisotopic (exact) mass is 459 g/mol. The highest BCUT2D eigenvalue weighted by Crippen LogP contribution is 2.39. The van der Waals surface area contributed by atoms with Gasteiger partial charge in [0.2, 0.25) is 0 Å². The van der Waals surface area contributed by atoms with Gasteiger partial charge in [-0.05, 0) is 57.0 Å². The van der Waals surface area contributed by atoms with E-state index in [0.29, 0.717) is 11.5 Å². The van der Waals surface area contributed by atoms with Gasteiger partial charge in [0.25, 0.3) is 0 Å². The lowest BCUT2D eigenvalue weighted by molar-refractivity contribution is -0.150. The average Bonchev–Trinajstić information content (AvgIpc) is 2.76. The molecule has 0 radical (unpaired) electrons. The van der Waals surface area contributed by atoms with E-state index in [-0.39, 0.29) is 32.0 Å². The zero-order valence-electron chi connectivity index (χ0n) is 19.6. The predicted octanol–water partition coefficient (Wildman–Crippen LogP) is 4.64. The first-order chi connectivity index (χ1) is 15.6. The van der Waals surface area contributed by atoms with Crippen LogP contribution >= 0.6 is 0 Å². The summed E-state index contributed by atoms with van der Waals surface area (Å²) in [4.78, 5) is 27.1. The van der Waals surface area contributed by atoms with E-state index < -0.39 is 23.7 Å². The quantitative estimate of drug-likeness (QED) is 0.586. The molecule has 0 N–H and O–H groups in total. The summed E-state index contributed by atoms with van der Waals surface area (Å²) in [6.45, 7) is 7.57. The molecule has 178 valence electrons. The van der Waals surface area contributed by atoms with Crippen molar-refractivity contribution in [3.05, 3.63) is 58.9 Å². The maximum absolute atomic E-state index is 13.2. The molecular formula is C25H30FNO6. The molecule has 0 spiro atoms. The van der Waals surface area contributed by atoms with Crippen LogP contribution in [0.3, 0.4) is 0 Å². The SMILES string of the molecule is CCOC(=O)[C@@H]1Cc2c(ccc(OC)c2OCc2ccc(F)cc2)CN1C(=O)OC(C)(C)C. The molecule has 2 aromatic carbocycles. The smallest absolute Gasteiger partial charge is 0.411 e. The van der Waals surface area contributed by atoms with Crippen molar-refractivity contribution in [1.29, 1.82) is 0 Å². The number of fused-ring (bicyclic) bond motifs is 1. The number of methoxy groups -OCH3 is 1. The standard InChI is InChI=1S/C25H30FNO6/c1-6-31-23(28)20-13-19-17(14-27(20)24(29)33-25(2,3)4)9-12-21(30-5)22(19)32-15-16-7-10-18(26)11-8-16/h7-12,20H,6,13-15H2,1-5H3/t20-/m0/s1. The van der Waals surface area contributed by atoms with Gasteiger partial charge < -0.3 is 18.9 Å². The molecule has 1 atom stereocenters. The van der Waals surface area contributed by atoms with Gasteiger partial charge in [0.05, 0.1) is 20.3 Å². The van der Waals surface area contributed by atoms with Crippen LogP contribution < -0.4 is 9.47 Å². The van der Waals surface area contributed by atoms with Crippen LogP contribution in [0.25, 0.3) is 0 Å². The number of amides is 1. The van der Waals surface area contributed by atoms with Crippen LogP contribution in [-0.4, -0.2) is 42.3 Å². The van der Waals surface area contributed by atoms with Gasteiger partial charge in [0, 0.05) is 12.0 Å².